The highest BCUT2D eigenvalue weighted by Gasteiger charge is 2.43. The van der Waals surface area contributed by atoms with Crippen molar-refractivity contribution in [3.8, 4) is 11.5 Å². The fraction of sp³-hybridized carbons (Fsp3) is 0.273. The molecule has 0 unspecified atom stereocenters. The lowest BCUT2D eigenvalue weighted by Crippen LogP contribution is -2.45. The van der Waals surface area contributed by atoms with Crippen molar-refractivity contribution in [2.45, 2.75) is 13.0 Å². The summed E-state index contributed by atoms with van der Waals surface area (Å²) in [5.74, 6) is 1.36. The van der Waals surface area contributed by atoms with Gasteiger partial charge in [-0.05, 0) is 48.9 Å². The molecule has 0 saturated carbocycles. The molecule has 1 atom stereocenters. The number of hydrogen-bond acceptors (Lipinski definition) is 4. The zero-order valence-electron chi connectivity index (χ0n) is 16.6. The summed E-state index contributed by atoms with van der Waals surface area (Å²) in [7, 11) is 3.28. The summed E-state index contributed by atoms with van der Waals surface area (Å²) in [5, 5.41) is 2.94. The third kappa shape index (κ3) is 3.29. The molecule has 0 fully saturated rings. The molecule has 2 aliphatic heterocycles. The summed E-state index contributed by atoms with van der Waals surface area (Å²) >= 11 is 0. The molecule has 7 nitrogen and oxygen atoms in total. The molecular formula is C22H23N3O4. The lowest BCUT2D eigenvalue weighted by atomic mass is 9.95. The second-order valence-corrected chi connectivity index (χ2v) is 6.89. The van der Waals surface area contributed by atoms with E-state index < -0.39 is 6.04 Å². The van der Waals surface area contributed by atoms with Crippen LogP contribution in [0.15, 0.2) is 59.8 Å². The van der Waals surface area contributed by atoms with Gasteiger partial charge in [0.2, 0.25) is 0 Å². The van der Waals surface area contributed by atoms with Crippen LogP contribution in [-0.2, 0) is 4.79 Å². The first-order valence-electron chi connectivity index (χ1n) is 9.49. The minimum Gasteiger partial charge on any atom is -0.497 e. The van der Waals surface area contributed by atoms with Gasteiger partial charge in [-0.2, -0.15) is 0 Å². The fourth-order valence-corrected chi connectivity index (χ4v) is 3.71. The first-order chi connectivity index (χ1) is 14.0. The van der Waals surface area contributed by atoms with E-state index in [1.54, 1.807) is 19.1 Å². The highest BCUT2D eigenvalue weighted by atomic mass is 16.5. The number of amides is 3. The Kier molecular flexibility index (Phi) is 4.88. The Bertz CT molecular complexity index is 967. The Hall–Kier alpha value is -3.48. The molecule has 29 heavy (non-hydrogen) atoms. The van der Waals surface area contributed by atoms with E-state index in [1.165, 1.54) is 4.90 Å². The minimum absolute atomic E-state index is 0.114. The van der Waals surface area contributed by atoms with Gasteiger partial charge in [-0.25, -0.2) is 4.79 Å². The van der Waals surface area contributed by atoms with E-state index in [0.29, 0.717) is 24.4 Å². The molecular weight excluding hydrogens is 370 g/mol. The van der Waals surface area contributed by atoms with E-state index in [4.69, 9.17) is 9.47 Å². The zero-order chi connectivity index (χ0) is 20.5. The normalized spacial score (nSPS) is 18.7. The van der Waals surface area contributed by atoms with Gasteiger partial charge in [0.25, 0.3) is 5.91 Å². The maximum Gasteiger partial charge on any atom is 0.322 e. The van der Waals surface area contributed by atoms with Crippen molar-refractivity contribution >= 4 is 17.6 Å². The van der Waals surface area contributed by atoms with Crippen LogP contribution in [0.3, 0.4) is 0 Å². The van der Waals surface area contributed by atoms with E-state index in [-0.39, 0.29) is 11.9 Å². The van der Waals surface area contributed by atoms with Crippen LogP contribution in [-0.4, -0.2) is 44.1 Å². The molecule has 2 aliphatic rings. The SMILES string of the molecule is CCOc1ccc(N2CC3=C(C2=O)[C@@H](c2ccc(OC)cc2)NC(=O)N3C)cc1. The van der Waals surface area contributed by atoms with Crippen molar-refractivity contribution in [3.05, 3.63) is 65.4 Å². The summed E-state index contributed by atoms with van der Waals surface area (Å²) in [6, 6.07) is 14.1. The summed E-state index contributed by atoms with van der Waals surface area (Å²) in [6.45, 7) is 2.85. The first-order valence-corrected chi connectivity index (χ1v) is 9.49. The number of nitrogens with one attached hydrogen (secondary N) is 1. The van der Waals surface area contributed by atoms with Crippen molar-refractivity contribution in [2.75, 3.05) is 32.2 Å². The molecule has 7 heteroatoms. The maximum absolute atomic E-state index is 13.3. The number of carbonyl (C=O) groups is 2. The molecule has 0 saturated heterocycles. The average Bonchev–Trinajstić information content (AvgIpc) is 3.09. The number of benzene rings is 2. The molecule has 0 aromatic heterocycles. The van der Waals surface area contributed by atoms with Gasteiger partial charge in [-0.3, -0.25) is 9.69 Å². The first kappa shape index (κ1) is 18.9. The summed E-state index contributed by atoms with van der Waals surface area (Å²) < 4.78 is 10.7. The molecule has 0 bridgehead atoms. The van der Waals surface area contributed by atoms with Crippen molar-refractivity contribution in [3.63, 3.8) is 0 Å². The highest BCUT2D eigenvalue weighted by molar-refractivity contribution is 6.11. The van der Waals surface area contributed by atoms with Crippen LogP contribution in [0.2, 0.25) is 0 Å². The number of hydrogen-bond donors (Lipinski definition) is 1. The number of ether oxygens (including phenoxy) is 2. The Balaban J connectivity index is 1.67. The number of rotatable bonds is 5. The zero-order valence-corrected chi connectivity index (χ0v) is 16.6. The Morgan fingerprint density at radius 1 is 1.03 bits per heavy atom. The smallest absolute Gasteiger partial charge is 0.322 e. The second kappa shape index (κ2) is 7.50. The monoisotopic (exact) mass is 393 g/mol. The van der Waals surface area contributed by atoms with Crippen LogP contribution in [0.1, 0.15) is 18.5 Å². The lowest BCUT2D eigenvalue weighted by Gasteiger charge is -2.31. The summed E-state index contributed by atoms with van der Waals surface area (Å²) in [4.78, 5) is 29.1. The Morgan fingerprint density at radius 3 is 2.31 bits per heavy atom. The van der Waals surface area contributed by atoms with Crippen molar-refractivity contribution < 1.29 is 19.1 Å². The third-order valence-electron chi connectivity index (χ3n) is 5.27. The molecule has 2 aromatic rings. The van der Waals surface area contributed by atoms with Crippen molar-refractivity contribution in [2.24, 2.45) is 0 Å². The molecule has 2 aromatic carbocycles. The molecule has 0 radical (unpaired) electrons. The molecule has 4 rings (SSSR count). The van der Waals surface area contributed by atoms with E-state index >= 15 is 0 Å². The summed E-state index contributed by atoms with van der Waals surface area (Å²) in [5.41, 5.74) is 2.91. The number of anilines is 1. The molecule has 3 amide bonds. The predicted molar refractivity (Wildman–Crippen MR) is 109 cm³/mol. The van der Waals surface area contributed by atoms with E-state index in [1.807, 2.05) is 55.5 Å². The highest BCUT2D eigenvalue weighted by Crippen LogP contribution is 2.38. The van der Waals surface area contributed by atoms with E-state index in [9.17, 15) is 9.59 Å². The average molecular weight is 393 g/mol. The van der Waals surface area contributed by atoms with Crippen LogP contribution < -0.4 is 19.7 Å². The Morgan fingerprint density at radius 2 is 1.69 bits per heavy atom. The quantitative estimate of drug-likeness (QED) is 0.847. The van der Waals surface area contributed by atoms with Gasteiger partial charge < -0.3 is 19.7 Å². The van der Waals surface area contributed by atoms with Gasteiger partial charge in [0.15, 0.2) is 0 Å². The number of urea groups is 1. The van der Waals surface area contributed by atoms with Gasteiger partial charge in [-0.15, -0.1) is 0 Å². The van der Waals surface area contributed by atoms with Gasteiger partial charge >= 0.3 is 6.03 Å². The minimum atomic E-state index is -0.500. The van der Waals surface area contributed by atoms with Crippen molar-refractivity contribution in [1.82, 2.24) is 10.2 Å². The molecule has 0 aliphatic carbocycles. The fourth-order valence-electron chi connectivity index (χ4n) is 3.71. The van der Waals surface area contributed by atoms with Crippen molar-refractivity contribution in [1.29, 1.82) is 0 Å². The van der Waals surface area contributed by atoms with Gasteiger partial charge in [0, 0.05) is 12.7 Å². The molecule has 1 N–H and O–H groups in total. The number of methoxy groups -OCH3 is 1. The standard InChI is InChI=1S/C22H23N3O4/c1-4-29-17-11-7-15(8-12-17)25-13-18-19(21(25)26)20(23-22(27)24(18)2)14-5-9-16(28-3)10-6-14/h5-12,20H,4,13H2,1-3H3,(H,23,27)/t20-/m1/s1. The van der Waals surface area contributed by atoms with Gasteiger partial charge in [-0.1, -0.05) is 12.1 Å². The van der Waals surface area contributed by atoms with E-state index in [0.717, 1.165) is 22.7 Å². The van der Waals surface area contributed by atoms with Crippen LogP contribution in [0.25, 0.3) is 0 Å². The lowest BCUT2D eigenvalue weighted by molar-refractivity contribution is -0.114. The molecule has 150 valence electrons. The van der Waals surface area contributed by atoms with Crippen LogP contribution in [0, 0.1) is 0 Å². The van der Waals surface area contributed by atoms with Gasteiger partial charge in [0.1, 0.15) is 11.5 Å². The number of likely N-dealkylation sites (N-methyl/N-ethyl adjacent to an activating group) is 1. The molecule has 2 heterocycles. The predicted octanol–water partition coefficient (Wildman–Crippen LogP) is 3.09. The van der Waals surface area contributed by atoms with Crippen LogP contribution in [0.4, 0.5) is 10.5 Å². The maximum atomic E-state index is 13.3. The van der Waals surface area contributed by atoms with Gasteiger partial charge in [0.05, 0.1) is 37.6 Å². The second-order valence-electron chi connectivity index (χ2n) is 6.89. The summed E-state index contributed by atoms with van der Waals surface area (Å²) in [6.07, 6.45) is 0. The van der Waals surface area contributed by atoms with E-state index in [2.05, 4.69) is 5.32 Å². The van der Waals surface area contributed by atoms with Crippen LogP contribution in [0.5, 0.6) is 11.5 Å². The van der Waals surface area contributed by atoms with Crippen LogP contribution >= 0.6 is 0 Å². The number of carbonyl (C=O) groups excluding carboxylic acids is 2. The number of nitrogens with zero attached hydrogens (tertiary/aromatic N) is 2. The Labute approximate surface area is 169 Å². The topological polar surface area (TPSA) is 71.1 Å². The third-order valence-corrected chi connectivity index (χ3v) is 5.27. The largest absolute Gasteiger partial charge is 0.497 e. The molecule has 0 spiro atoms.